The van der Waals surface area contributed by atoms with Crippen LogP contribution in [0.2, 0.25) is 0 Å². The van der Waals surface area contributed by atoms with Crippen LogP contribution in [0, 0.1) is 5.92 Å². The standard InChI is InChI=1S/C14H17NO6S/c1-10(16)8-12(9-11(2)17)14(18)21-15-22(19,20)13-6-4-3-5-7-13/h3-7,12,15H,8-9H2,1-2H3. The SMILES string of the molecule is CC(=O)CC(CC(C)=O)C(=O)ONS(=O)(=O)c1ccccc1. The van der Waals surface area contributed by atoms with E-state index in [0.29, 0.717) is 0 Å². The van der Waals surface area contributed by atoms with Gasteiger partial charge in [0.1, 0.15) is 11.6 Å². The number of carbonyl (C=O) groups excluding carboxylic acids is 3. The van der Waals surface area contributed by atoms with Crippen LogP contribution in [0.5, 0.6) is 0 Å². The minimum atomic E-state index is -4.01. The predicted molar refractivity (Wildman–Crippen MR) is 76.9 cm³/mol. The molecule has 22 heavy (non-hydrogen) atoms. The predicted octanol–water partition coefficient (Wildman–Crippen LogP) is 0.997. The van der Waals surface area contributed by atoms with Crippen molar-refractivity contribution in [2.45, 2.75) is 31.6 Å². The van der Waals surface area contributed by atoms with Gasteiger partial charge in [-0.05, 0) is 30.9 Å². The van der Waals surface area contributed by atoms with Gasteiger partial charge in [-0.3, -0.25) is 0 Å². The smallest absolute Gasteiger partial charge is 0.330 e. The highest BCUT2D eigenvalue weighted by atomic mass is 32.2. The summed E-state index contributed by atoms with van der Waals surface area (Å²) in [5.74, 6) is -2.57. The van der Waals surface area contributed by atoms with E-state index in [0.717, 1.165) is 0 Å². The molecule has 0 saturated carbocycles. The molecule has 7 nitrogen and oxygen atoms in total. The third-order valence-corrected chi connectivity index (χ3v) is 3.90. The first-order chi connectivity index (χ1) is 10.2. The van der Waals surface area contributed by atoms with Crippen molar-refractivity contribution in [2.75, 3.05) is 0 Å². The molecule has 0 aromatic heterocycles. The van der Waals surface area contributed by atoms with Crippen molar-refractivity contribution >= 4 is 27.6 Å². The van der Waals surface area contributed by atoms with Gasteiger partial charge in [-0.15, -0.1) is 0 Å². The van der Waals surface area contributed by atoms with Gasteiger partial charge in [-0.2, -0.15) is 0 Å². The van der Waals surface area contributed by atoms with E-state index in [1.54, 1.807) is 11.0 Å². The van der Waals surface area contributed by atoms with Crippen LogP contribution in [0.3, 0.4) is 0 Å². The van der Waals surface area contributed by atoms with Gasteiger partial charge < -0.3 is 14.4 Å². The summed E-state index contributed by atoms with van der Waals surface area (Å²) >= 11 is 0. The Bertz CT molecular complexity index is 637. The normalized spacial score (nSPS) is 11.2. The van der Waals surface area contributed by atoms with Gasteiger partial charge in [0.05, 0.1) is 10.8 Å². The second-order valence-corrected chi connectivity index (χ2v) is 6.48. The molecule has 0 aliphatic rings. The Morgan fingerprint density at radius 3 is 2.00 bits per heavy atom. The van der Waals surface area contributed by atoms with Gasteiger partial charge >= 0.3 is 5.97 Å². The number of hydrogen-bond donors (Lipinski definition) is 1. The van der Waals surface area contributed by atoms with Crippen LogP contribution in [0.1, 0.15) is 26.7 Å². The average Bonchev–Trinajstić information content (AvgIpc) is 2.44. The van der Waals surface area contributed by atoms with Crippen molar-refractivity contribution in [2.24, 2.45) is 5.92 Å². The van der Waals surface area contributed by atoms with Crippen molar-refractivity contribution in [3.63, 3.8) is 0 Å². The van der Waals surface area contributed by atoms with E-state index in [1.807, 2.05) is 0 Å². The zero-order valence-electron chi connectivity index (χ0n) is 12.2. The third-order valence-electron chi connectivity index (χ3n) is 2.71. The molecular weight excluding hydrogens is 310 g/mol. The van der Waals surface area contributed by atoms with E-state index >= 15 is 0 Å². The van der Waals surface area contributed by atoms with Crippen molar-refractivity contribution in [3.05, 3.63) is 30.3 Å². The number of benzene rings is 1. The number of ketones is 2. The quantitative estimate of drug-likeness (QED) is 0.714. The fourth-order valence-electron chi connectivity index (χ4n) is 1.76. The fourth-order valence-corrected chi connectivity index (χ4v) is 2.56. The molecular formula is C14H17NO6S. The first-order valence-corrected chi connectivity index (χ1v) is 7.97. The lowest BCUT2D eigenvalue weighted by Crippen LogP contribution is -2.32. The fraction of sp³-hybridized carbons (Fsp3) is 0.357. The van der Waals surface area contributed by atoms with Gasteiger partial charge in [0, 0.05) is 12.8 Å². The van der Waals surface area contributed by atoms with Crippen molar-refractivity contribution in [1.82, 2.24) is 4.89 Å². The molecule has 0 aliphatic carbocycles. The van der Waals surface area contributed by atoms with Gasteiger partial charge in [0.2, 0.25) is 0 Å². The molecule has 1 aromatic carbocycles. The maximum absolute atomic E-state index is 11.9. The summed E-state index contributed by atoms with van der Waals surface area (Å²) in [6.45, 7) is 2.54. The Hall–Kier alpha value is -2.06. The first-order valence-electron chi connectivity index (χ1n) is 6.49. The zero-order chi connectivity index (χ0) is 16.8. The molecule has 0 heterocycles. The molecule has 1 N–H and O–H groups in total. The molecule has 1 rings (SSSR count). The molecule has 120 valence electrons. The molecule has 0 bridgehead atoms. The van der Waals surface area contributed by atoms with Crippen molar-refractivity contribution < 1.29 is 27.6 Å². The van der Waals surface area contributed by atoms with E-state index in [9.17, 15) is 22.8 Å². The van der Waals surface area contributed by atoms with Crippen LogP contribution >= 0.6 is 0 Å². The van der Waals surface area contributed by atoms with Crippen LogP contribution in [0.15, 0.2) is 35.2 Å². The Labute approximate surface area is 128 Å². The maximum atomic E-state index is 11.9. The van der Waals surface area contributed by atoms with E-state index in [2.05, 4.69) is 4.84 Å². The number of rotatable bonds is 8. The first kappa shape index (κ1) is 18.0. The Balaban J connectivity index is 2.74. The number of Topliss-reactive ketones (excluding diaryl/α,β-unsaturated/α-hetero) is 2. The summed E-state index contributed by atoms with van der Waals surface area (Å²) in [5.41, 5.74) is 0. The van der Waals surface area contributed by atoms with Gasteiger partial charge in [0.15, 0.2) is 0 Å². The molecule has 1 aromatic rings. The number of hydrogen-bond acceptors (Lipinski definition) is 6. The van der Waals surface area contributed by atoms with Crippen molar-refractivity contribution in [1.29, 1.82) is 0 Å². The van der Waals surface area contributed by atoms with Crippen LogP contribution in [-0.2, 0) is 29.2 Å². The van der Waals surface area contributed by atoms with E-state index in [4.69, 9.17) is 0 Å². The number of nitrogens with one attached hydrogen (secondary N) is 1. The largest absolute Gasteiger partial charge is 0.355 e. The highest BCUT2D eigenvalue weighted by Gasteiger charge is 2.26. The summed E-state index contributed by atoms with van der Waals surface area (Å²) in [6, 6.07) is 7.34. The molecule has 0 unspecified atom stereocenters. The Kier molecular flexibility index (Phi) is 6.39. The average molecular weight is 327 g/mol. The highest BCUT2D eigenvalue weighted by molar-refractivity contribution is 7.89. The van der Waals surface area contributed by atoms with Gasteiger partial charge in [0.25, 0.3) is 10.0 Å². The van der Waals surface area contributed by atoms with Gasteiger partial charge in [-0.25, -0.2) is 13.2 Å². The van der Waals surface area contributed by atoms with E-state index in [-0.39, 0.29) is 29.3 Å². The molecule has 8 heteroatoms. The summed E-state index contributed by atoms with van der Waals surface area (Å²) < 4.78 is 23.8. The number of carbonyl (C=O) groups is 3. The van der Waals surface area contributed by atoms with Crippen LogP contribution in [0.4, 0.5) is 0 Å². The second kappa shape index (κ2) is 7.81. The Morgan fingerprint density at radius 1 is 1.05 bits per heavy atom. The van der Waals surface area contributed by atoms with Crippen LogP contribution in [-0.4, -0.2) is 26.0 Å². The molecule has 0 spiro atoms. The Morgan fingerprint density at radius 2 is 1.55 bits per heavy atom. The lowest BCUT2D eigenvalue weighted by atomic mass is 9.97. The van der Waals surface area contributed by atoms with E-state index in [1.165, 1.54) is 38.1 Å². The maximum Gasteiger partial charge on any atom is 0.330 e. The highest BCUT2D eigenvalue weighted by Crippen LogP contribution is 2.13. The van der Waals surface area contributed by atoms with Gasteiger partial charge in [-0.1, -0.05) is 18.2 Å². The molecule has 0 aliphatic heterocycles. The summed E-state index contributed by atoms with van der Waals surface area (Å²) in [4.78, 5) is 40.2. The van der Waals surface area contributed by atoms with Crippen LogP contribution < -0.4 is 4.89 Å². The molecule has 0 radical (unpaired) electrons. The second-order valence-electron chi connectivity index (χ2n) is 4.83. The molecule has 0 fully saturated rings. The minimum Gasteiger partial charge on any atom is -0.355 e. The minimum absolute atomic E-state index is 0.0718. The van der Waals surface area contributed by atoms with E-state index < -0.39 is 21.9 Å². The monoisotopic (exact) mass is 327 g/mol. The lowest BCUT2D eigenvalue weighted by Gasteiger charge is -2.13. The molecule has 0 saturated heterocycles. The zero-order valence-corrected chi connectivity index (χ0v) is 13.1. The third kappa shape index (κ3) is 5.74. The number of sulfonamides is 1. The summed E-state index contributed by atoms with van der Waals surface area (Å²) in [7, 11) is -4.01. The topological polar surface area (TPSA) is 107 Å². The molecule has 0 atom stereocenters. The van der Waals surface area contributed by atoms with Crippen molar-refractivity contribution in [3.8, 4) is 0 Å². The van der Waals surface area contributed by atoms with Crippen LogP contribution in [0.25, 0.3) is 0 Å². The molecule has 0 amide bonds. The summed E-state index contributed by atoms with van der Waals surface area (Å²) in [5, 5.41) is 0. The lowest BCUT2D eigenvalue weighted by molar-refractivity contribution is -0.154. The summed E-state index contributed by atoms with van der Waals surface area (Å²) in [6.07, 6.45) is -0.378.